The van der Waals surface area contributed by atoms with Crippen LogP contribution < -0.4 is 4.57 Å². The van der Waals surface area contributed by atoms with E-state index in [1.54, 1.807) is 0 Å². The Morgan fingerprint density at radius 1 is 0.698 bits per heavy atom. The SMILES string of the molecule is CC1=C(/C=C/C(C)=C/C=C/C(C)=C/c2cc(/C=C/C=C(C)/C=C/C3=C(C)CCCC3(C)C)cc[n+]2CCOCCOCCOCC[S-])C(C)(C)CCC1. The maximum absolute atomic E-state index is 5.92. The van der Waals surface area contributed by atoms with Crippen LogP contribution >= 0.6 is 0 Å². The maximum Gasteiger partial charge on any atom is 0.206 e. The second-order valence-corrected chi connectivity index (χ2v) is 16.5. The van der Waals surface area contributed by atoms with Gasteiger partial charge >= 0.3 is 0 Å². The summed E-state index contributed by atoms with van der Waals surface area (Å²) in [4.78, 5) is 0. The third kappa shape index (κ3) is 16.1. The van der Waals surface area contributed by atoms with Crippen molar-refractivity contribution in [3.63, 3.8) is 0 Å². The molecule has 0 fully saturated rings. The van der Waals surface area contributed by atoms with Gasteiger partial charge in [0.15, 0.2) is 12.7 Å². The van der Waals surface area contributed by atoms with Gasteiger partial charge in [-0.25, -0.2) is 0 Å². The number of aromatic nitrogens is 1. The molecule has 1 heterocycles. The Morgan fingerprint density at radius 2 is 1.23 bits per heavy atom. The predicted octanol–water partition coefficient (Wildman–Crippen LogP) is 11.6. The zero-order valence-electron chi connectivity index (χ0n) is 34.6. The van der Waals surface area contributed by atoms with Crippen LogP contribution in [0.25, 0.3) is 12.2 Å². The fourth-order valence-corrected chi connectivity index (χ4v) is 7.38. The van der Waals surface area contributed by atoms with Crippen LogP contribution in [0.5, 0.6) is 0 Å². The average molecular weight is 740 g/mol. The summed E-state index contributed by atoms with van der Waals surface area (Å²) in [5, 5.41) is 0. The summed E-state index contributed by atoms with van der Waals surface area (Å²) in [5.41, 5.74) is 12.5. The summed E-state index contributed by atoms with van der Waals surface area (Å²) in [5.74, 6) is 0.613. The minimum Gasteiger partial charge on any atom is -0.790 e. The predicted molar refractivity (Wildman–Crippen MR) is 230 cm³/mol. The van der Waals surface area contributed by atoms with E-state index < -0.39 is 0 Å². The molecule has 0 spiro atoms. The number of allylic oxidation sites excluding steroid dienone is 16. The zero-order valence-corrected chi connectivity index (χ0v) is 35.4. The molecule has 0 saturated carbocycles. The molecule has 1 aromatic rings. The van der Waals surface area contributed by atoms with Crippen molar-refractivity contribution in [3.8, 4) is 0 Å². The van der Waals surface area contributed by atoms with Crippen molar-refractivity contribution in [3.05, 3.63) is 123 Å². The lowest BCUT2D eigenvalue weighted by molar-refractivity contribution is -0.700. The van der Waals surface area contributed by atoms with Gasteiger partial charge in [-0.05, 0) is 106 Å². The average Bonchev–Trinajstić information content (AvgIpc) is 3.09. The molecule has 0 aliphatic heterocycles. The summed E-state index contributed by atoms with van der Waals surface area (Å²) in [7, 11) is 0. The van der Waals surface area contributed by atoms with Crippen molar-refractivity contribution in [2.24, 2.45) is 10.8 Å². The van der Waals surface area contributed by atoms with Crippen molar-refractivity contribution < 1.29 is 18.8 Å². The molecule has 2 aliphatic rings. The highest BCUT2D eigenvalue weighted by Crippen LogP contribution is 2.41. The third-order valence-corrected chi connectivity index (χ3v) is 10.6. The Bertz CT molecular complexity index is 1610. The highest BCUT2D eigenvalue weighted by atomic mass is 32.1. The first-order valence-corrected chi connectivity index (χ1v) is 20.4. The van der Waals surface area contributed by atoms with Crippen LogP contribution in [0.2, 0.25) is 0 Å². The Kier molecular flexibility index (Phi) is 19.3. The van der Waals surface area contributed by atoms with Gasteiger partial charge in [0, 0.05) is 24.8 Å². The van der Waals surface area contributed by atoms with Crippen molar-refractivity contribution in [1.82, 2.24) is 0 Å². The summed E-state index contributed by atoms with van der Waals surface area (Å²) in [6.07, 6.45) is 34.2. The largest absolute Gasteiger partial charge is 0.790 e. The molecular weight excluding hydrogens is 671 g/mol. The molecule has 1 aromatic heterocycles. The van der Waals surface area contributed by atoms with Gasteiger partial charge in [-0.1, -0.05) is 111 Å². The number of hydrogen-bond donors (Lipinski definition) is 0. The van der Waals surface area contributed by atoms with Gasteiger partial charge in [0.05, 0.1) is 26.4 Å². The van der Waals surface area contributed by atoms with Crippen LogP contribution in [0.15, 0.2) is 112 Å². The fraction of sp³-hybridized carbons (Fsp3) is 0.521. The first-order valence-electron chi connectivity index (χ1n) is 19.8. The second kappa shape index (κ2) is 23.1. The molecule has 0 saturated heterocycles. The maximum atomic E-state index is 5.92. The van der Waals surface area contributed by atoms with Gasteiger partial charge in [-0.15, -0.1) is 0 Å². The minimum absolute atomic E-state index is 0.250. The van der Waals surface area contributed by atoms with Gasteiger partial charge < -0.3 is 26.8 Å². The first-order chi connectivity index (χ1) is 25.3. The zero-order chi connectivity index (χ0) is 38.7. The molecule has 0 atom stereocenters. The van der Waals surface area contributed by atoms with Gasteiger partial charge in [0.2, 0.25) is 5.69 Å². The molecule has 0 N–H and O–H groups in total. The highest BCUT2D eigenvalue weighted by molar-refractivity contribution is 7.58. The standard InChI is InChI=1S/C48H69NO3S/c1-38(20-22-45-41(4)17-12-25-47(45,6)7)14-10-16-40(3)36-44-37-43(24-27-49(44)28-29-50-30-31-51-32-33-52-34-35-53)19-11-15-39(2)21-23-46-42(5)18-13-26-48(46,8)9/h10-11,14-16,19-24,27,36-37H,12-13,17-18,25-26,28-35H2,1-9H3/b16-10+,19-11+,22-20+,23-21+,38-14+,39-15+,40-36+. The fourth-order valence-electron chi connectivity index (χ4n) is 7.26. The molecule has 0 aromatic carbocycles. The van der Waals surface area contributed by atoms with Crippen molar-refractivity contribution >= 4 is 24.8 Å². The molecule has 2 aliphatic carbocycles. The molecule has 0 bridgehead atoms. The van der Waals surface area contributed by atoms with Crippen molar-refractivity contribution in [1.29, 1.82) is 0 Å². The van der Waals surface area contributed by atoms with Crippen LogP contribution in [0.3, 0.4) is 0 Å². The normalized spacial score (nSPS) is 18.9. The van der Waals surface area contributed by atoms with Gasteiger partial charge in [0.25, 0.3) is 0 Å². The van der Waals surface area contributed by atoms with Gasteiger partial charge in [-0.2, -0.15) is 10.3 Å². The number of pyridine rings is 1. The molecule has 4 nitrogen and oxygen atoms in total. The third-order valence-electron chi connectivity index (χ3n) is 10.4. The summed E-state index contributed by atoms with van der Waals surface area (Å²) >= 11 is 4.90. The second-order valence-electron chi connectivity index (χ2n) is 16.1. The molecule has 0 amide bonds. The molecule has 0 radical (unpaired) electrons. The lowest BCUT2D eigenvalue weighted by atomic mass is 9.72. The molecule has 53 heavy (non-hydrogen) atoms. The summed E-state index contributed by atoms with van der Waals surface area (Å²) in [6.45, 7) is 24.8. The Balaban J connectivity index is 1.72. The van der Waals surface area contributed by atoms with Crippen LogP contribution in [-0.4, -0.2) is 45.4 Å². The van der Waals surface area contributed by atoms with E-state index in [0.717, 1.165) is 17.8 Å². The lowest BCUT2D eigenvalue weighted by Gasteiger charge is -2.33. The Hall–Kier alpha value is -2.96. The molecule has 290 valence electrons. The van der Waals surface area contributed by atoms with E-state index in [4.69, 9.17) is 26.8 Å². The monoisotopic (exact) mass is 739 g/mol. The van der Waals surface area contributed by atoms with E-state index >= 15 is 0 Å². The van der Waals surface area contributed by atoms with E-state index in [9.17, 15) is 0 Å². The highest BCUT2D eigenvalue weighted by Gasteiger charge is 2.27. The number of nitrogens with zero attached hydrogens (tertiary/aromatic N) is 1. The van der Waals surface area contributed by atoms with E-state index in [1.807, 2.05) is 0 Å². The smallest absolute Gasteiger partial charge is 0.206 e. The number of hydrogen-bond acceptors (Lipinski definition) is 4. The van der Waals surface area contributed by atoms with Crippen LogP contribution in [-0.2, 0) is 33.4 Å². The topological polar surface area (TPSA) is 31.6 Å². The molecule has 3 rings (SSSR count). The van der Waals surface area contributed by atoms with Crippen LogP contribution in [0.1, 0.15) is 112 Å². The van der Waals surface area contributed by atoms with Crippen molar-refractivity contribution in [2.45, 2.75) is 107 Å². The number of ether oxygens (including phenoxy) is 3. The lowest BCUT2D eigenvalue weighted by Crippen LogP contribution is -2.39. The first kappa shape index (κ1) is 44.4. The molecule has 5 heteroatoms. The molecular formula is C48H69NO3S. The van der Waals surface area contributed by atoms with E-state index in [0.29, 0.717) is 45.4 Å². The van der Waals surface area contributed by atoms with Crippen LogP contribution in [0.4, 0.5) is 0 Å². The van der Waals surface area contributed by atoms with E-state index in [1.165, 1.54) is 77.5 Å². The van der Waals surface area contributed by atoms with Crippen molar-refractivity contribution in [2.75, 3.05) is 45.4 Å². The Morgan fingerprint density at radius 3 is 1.77 bits per heavy atom. The minimum atomic E-state index is 0.250. The van der Waals surface area contributed by atoms with E-state index in [-0.39, 0.29) is 10.8 Å². The quantitative estimate of drug-likeness (QED) is 0.0577. The molecule has 0 unspecified atom stereocenters. The van der Waals surface area contributed by atoms with E-state index in [2.05, 4.69) is 152 Å². The van der Waals surface area contributed by atoms with Gasteiger partial charge in [-0.3, -0.25) is 0 Å². The summed E-state index contributed by atoms with van der Waals surface area (Å²) in [6, 6.07) is 4.43. The van der Waals surface area contributed by atoms with Crippen LogP contribution in [0, 0.1) is 10.8 Å². The van der Waals surface area contributed by atoms with Gasteiger partial charge in [0.1, 0.15) is 6.61 Å². The number of rotatable bonds is 20. The Labute approximate surface area is 329 Å². The summed E-state index contributed by atoms with van der Waals surface area (Å²) < 4.78 is 19.2.